The molecule has 0 unspecified atom stereocenters. The molecule has 1 aliphatic heterocycles. The first-order chi connectivity index (χ1) is 12.4. The summed E-state index contributed by atoms with van der Waals surface area (Å²) < 4.78 is 55.0. The lowest BCUT2D eigenvalue weighted by Crippen LogP contribution is -2.51. The fourth-order valence-electron chi connectivity index (χ4n) is 2.67. The first-order valence-electron chi connectivity index (χ1n) is 7.64. The standard InChI is InChI=1S/C14H13F2N7O2S/c15-12-2-1-3-13(16)14(12)26(24,25)21-8-11(9-21)22-6-10(19-20-22)7-23-17-4-5-18-23/h1-6,11H,7-9H2. The number of benzene rings is 1. The highest BCUT2D eigenvalue weighted by Gasteiger charge is 2.40. The highest BCUT2D eigenvalue weighted by atomic mass is 32.2. The van der Waals surface area contributed by atoms with E-state index in [4.69, 9.17) is 0 Å². The molecule has 1 fully saturated rings. The van der Waals surface area contributed by atoms with Crippen molar-refractivity contribution in [1.82, 2.24) is 34.3 Å². The summed E-state index contributed by atoms with van der Waals surface area (Å²) in [5.41, 5.74) is 0.614. The van der Waals surface area contributed by atoms with Crippen LogP contribution in [0.5, 0.6) is 0 Å². The molecule has 0 radical (unpaired) electrons. The first-order valence-corrected chi connectivity index (χ1v) is 9.08. The summed E-state index contributed by atoms with van der Waals surface area (Å²) >= 11 is 0. The topological polar surface area (TPSA) is 98.8 Å². The monoisotopic (exact) mass is 381 g/mol. The number of hydrogen-bond donors (Lipinski definition) is 0. The molecule has 0 bridgehead atoms. The molecule has 12 heteroatoms. The van der Waals surface area contributed by atoms with Crippen molar-refractivity contribution in [3.63, 3.8) is 0 Å². The molecule has 1 aromatic carbocycles. The molecule has 3 aromatic rings. The van der Waals surface area contributed by atoms with E-state index in [9.17, 15) is 17.2 Å². The van der Waals surface area contributed by atoms with Crippen molar-refractivity contribution in [3.05, 3.63) is 54.1 Å². The summed E-state index contributed by atoms with van der Waals surface area (Å²) in [6, 6.07) is 2.69. The third-order valence-electron chi connectivity index (χ3n) is 4.05. The van der Waals surface area contributed by atoms with Crippen LogP contribution in [0.2, 0.25) is 0 Å². The number of hydrogen-bond acceptors (Lipinski definition) is 6. The molecular formula is C14H13F2N7O2S. The molecule has 4 rings (SSSR count). The van der Waals surface area contributed by atoms with Gasteiger partial charge in [-0.1, -0.05) is 11.3 Å². The van der Waals surface area contributed by atoms with Gasteiger partial charge in [0, 0.05) is 13.1 Å². The maximum absolute atomic E-state index is 13.8. The molecule has 3 heterocycles. The highest BCUT2D eigenvalue weighted by Crippen LogP contribution is 2.30. The highest BCUT2D eigenvalue weighted by molar-refractivity contribution is 7.89. The summed E-state index contributed by atoms with van der Waals surface area (Å²) in [5.74, 6) is -2.22. The molecule has 26 heavy (non-hydrogen) atoms. The van der Waals surface area contributed by atoms with Crippen molar-refractivity contribution >= 4 is 10.0 Å². The lowest BCUT2D eigenvalue weighted by molar-refractivity contribution is 0.188. The molecule has 9 nitrogen and oxygen atoms in total. The Morgan fingerprint density at radius 1 is 1.12 bits per heavy atom. The minimum atomic E-state index is -4.24. The van der Waals surface area contributed by atoms with Gasteiger partial charge in [-0.05, 0) is 12.1 Å². The Morgan fingerprint density at radius 3 is 2.42 bits per heavy atom. The van der Waals surface area contributed by atoms with E-state index in [1.165, 1.54) is 9.48 Å². The van der Waals surface area contributed by atoms with Gasteiger partial charge in [0.2, 0.25) is 10.0 Å². The van der Waals surface area contributed by atoms with E-state index in [-0.39, 0.29) is 19.1 Å². The van der Waals surface area contributed by atoms with Crippen LogP contribution in [0.25, 0.3) is 0 Å². The lowest BCUT2D eigenvalue weighted by Gasteiger charge is -2.37. The molecular weight excluding hydrogens is 368 g/mol. The molecule has 0 atom stereocenters. The largest absolute Gasteiger partial charge is 0.249 e. The molecule has 0 amide bonds. The van der Waals surface area contributed by atoms with Crippen LogP contribution in [0.1, 0.15) is 11.7 Å². The SMILES string of the molecule is O=S(=O)(c1c(F)cccc1F)N1CC(n2cc(Cn3nccn3)nn2)C1. The summed E-state index contributed by atoms with van der Waals surface area (Å²) in [6.07, 6.45) is 4.75. The van der Waals surface area contributed by atoms with Gasteiger partial charge in [0.1, 0.15) is 23.9 Å². The molecule has 0 aliphatic carbocycles. The van der Waals surface area contributed by atoms with Gasteiger partial charge in [0.15, 0.2) is 4.90 Å². The third-order valence-corrected chi connectivity index (χ3v) is 5.93. The van der Waals surface area contributed by atoms with Crippen LogP contribution in [-0.2, 0) is 16.6 Å². The minimum Gasteiger partial charge on any atom is -0.246 e. The fraction of sp³-hybridized carbons (Fsp3) is 0.286. The number of nitrogens with zero attached hydrogens (tertiary/aromatic N) is 7. The van der Waals surface area contributed by atoms with E-state index in [1.54, 1.807) is 18.6 Å². The molecule has 0 spiro atoms. The van der Waals surface area contributed by atoms with Crippen molar-refractivity contribution in [2.45, 2.75) is 17.5 Å². The number of sulfonamides is 1. The van der Waals surface area contributed by atoms with Crippen LogP contribution in [0.3, 0.4) is 0 Å². The van der Waals surface area contributed by atoms with Gasteiger partial charge in [0.05, 0.1) is 24.6 Å². The molecule has 1 aliphatic rings. The average molecular weight is 381 g/mol. The zero-order valence-electron chi connectivity index (χ0n) is 13.3. The summed E-state index contributed by atoms with van der Waals surface area (Å²) in [5, 5.41) is 15.9. The van der Waals surface area contributed by atoms with Crippen molar-refractivity contribution < 1.29 is 17.2 Å². The molecule has 0 saturated carbocycles. The second kappa shape index (κ2) is 6.21. The van der Waals surface area contributed by atoms with Gasteiger partial charge < -0.3 is 0 Å². The van der Waals surface area contributed by atoms with Crippen LogP contribution in [0.4, 0.5) is 8.78 Å². The van der Waals surface area contributed by atoms with E-state index in [0.29, 0.717) is 12.2 Å². The quantitative estimate of drug-likeness (QED) is 0.636. The van der Waals surface area contributed by atoms with Crippen molar-refractivity contribution in [1.29, 1.82) is 0 Å². The fourth-order valence-corrected chi connectivity index (χ4v) is 4.30. The lowest BCUT2D eigenvalue weighted by atomic mass is 10.2. The Morgan fingerprint density at radius 2 is 1.77 bits per heavy atom. The summed E-state index contributed by atoms with van der Waals surface area (Å²) in [4.78, 5) is 0.509. The zero-order chi connectivity index (χ0) is 18.3. The van der Waals surface area contributed by atoms with Crippen molar-refractivity contribution in [3.8, 4) is 0 Å². The van der Waals surface area contributed by atoms with Gasteiger partial charge in [-0.3, -0.25) is 0 Å². The van der Waals surface area contributed by atoms with E-state index < -0.39 is 26.6 Å². The minimum absolute atomic E-state index is 0.0545. The maximum Gasteiger partial charge on any atom is 0.249 e. The van der Waals surface area contributed by atoms with E-state index in [2.05, 4.69) is 20.5 Å². The van der Waals surface area contributed by atoms with Crippen LogP contribution < -0.4 is 0 Å². The summed E-state index contributed by atoms with van der Waals surface area (Å²) in [6.45, 7) is 0.444. The van der Waals surface area contributed by atoms with E-state index in [0.717, 1.165) is 22.5 Å². The van der Waals surface area contributed by atoms with Crippen molar-refractivity contribution in [2.75, 3.05) is 13.1 Å². The molecule has 1 saturated heterocycles. The van der Waals surface area contributed by atoms with E-state index in [1.807, 2.05) is 0 Å². The molecule has 2 aromatic heterocycles. The van der Waals surface area contributed by atoms with Crippen LogP contribution in [-0.4, -0.2) is 55.8 Å². The van der Waals surface area contributed by atoms with Crippen LogP contribution >= 0.6 is 0 Å². The van der Waals surface area contributed by atoms with Crippen molar-refractivity contribution in [2.24, 2.45) is 0 Å². The van der Waals surface area contributed by atoms with Gasteiger partial charge in [-0.25, -0.2) is 21.9 Å². The molecule has 136 valence electrons. The Balaban J connectivity index is 1.46. The van der Waals surface area contributed by atoms with Gasteiger partial charge in [-0.2, -0.15) is 19.3 Å². The number of halogens is 2. The predicted molar refractivity (Wildman–Crippen MR) is 83.3 cm³/mol. The maximum atomic E-state index is 13.8. The van der Waals surface area contributed by atoms with Gasteiger partial charge in [-0.15, -0.1) is 5.10 Å². The van der Waals surface area contributed by atoms with Gasteiger partial charge >= 0.3 is 0 Å². The Labute approximate surface area is 146 Å². The van der Waals surface area contributed by atoms with E-state index >= 15 is 0 Å². The second-order valence-electron chi connectivity index (χ2n) is 5.78. The van der Waals surface area contributed by atoms with Crippen LogP contribution in [0.15, 0.2) is 41.7 Å². The number of rotatable bonds is 5. The molecule has 0 N–H and O–H groups in total. The smallest absolute Gasteiger partial charge is 0.246 e. The van der Waals surface area contributed by atoms with Gasteiger partial charge in [0.25, 0.3) is 0 Å². The third kappa shape index (κ3) is 2.86. The predicted octanol–water partition coefficient (Wildman–Crippen LogP) is 0.442. The number of aromatic nitrogens is 6. The van der Waals surface area contributed by atoms with Crippen LogP contribution in [0, 0.1) is 11.6 Å². The zero-order valence-corrected chi connectivity index (χ0v) is 14.1. The Bertz CT molecular complexity index is 1010. The Hall–Kier alpha value is -2.73. The average Bonchev–Trinajstić information content (AvgIpc) is 3.18. The first kappa shape index (κ1) is 16.7. The Kier molecular flexibility index (Phi) is 4.00. The summed E-state index contributed by atoms with van der Waals surface area (Å²) in [7, 11) is -4.24. The normalized spacial score (nSPS) is 15.9. The second-order valence-corrected chi connectivity index (χ2v) is 7.65.